The van der Waals surface area contributed by atoms with Gasteiger partial charge in [-0.2, -0.15) is 0 Å². The smallest absolute Gasteiger partial charge is 0.273 e. The lowest BCUT2D eigenvalue weighted by atomic mass is 10.0. The second kappa shape index (κ2) is 7.30. The highest BCUT2D eigenvalue weighted by atomic mass is 19.2. The molecule has 0 aliphatic heterocycles. The van der Waals surface area contributed by atoms with Crippen LogP contribution >= 0.6 is 0 Å². The fourth-order valence-corrected chi connectivity index (χ4v) is 1.97. The van der Waals surface area contributed by atoms with Crippen LogP contribution in [0, 0.1) is 11.6 Å². The van der Waals surface area contributed by atoms with E-state index < -0.39 is 29.7 Å². The normalized spacial score (nSPS) is 13.6. The van der Waals surface area contributed by atoms with Crippen molar-refractivity contribution in [1.82, 2.24) is 10.5 Å². The van der Waals surface area contributed by atoms with Crippen molar-refractivity contribution in [1.29, 1.82) is 0 Å². The molecule has 1 aromatic carbocycles. The molecular formula is C15H16F2N2O4. The molecule has 0 aliphatic rings. The number of aliphatic hydroxyl groups is 1. The summed E-state index contributed by atoms with van der Waals surface area (Å²) in [5.74, 6) is -2.26. The first-order valence-corrected chi connectivity index (χ1v) is 6.80. The Morgan fingerprint density at radius 3 is 2.78 bits per heavy atom. The molecule has 0 saturated heterocycles. The predicted molar refractivity (Wildman–Crippen MR) is 75.5 cm³/mol. The molecule has 1 heterocycles. The molecular weight excluding hydrogens is 310 g/mol. The summed E-state index contributed by atoms with van der Waals surface area (Å²) in [6, 6.07) is 3.70. The highest BCUT2D eigenvalue weighted by Gasteiger charge is 2.22. The van der Waals surface area contributed by atoms with Crippen molar-refractivity contribution >= 4 is 5.91 Å². The summed E-state index contributed by atoms with van der Waals surface area (Å²) in [6.45, 7) is 1.70. The molecule has 0 radical (unpaired) electrons. The lowest BCUT2D eigenvalue weighted by Gasteiger charge is -2.20. The Hall–Kier alpha value is -2.32. The summed E-state index contributed by atoms with van der Waals surface area (Å²) in [5.41, 5.74) is 0.179. The lowest BCUT2D eigenvalue weighted by Crippen LogP contribution is -2.37. The molecule has 1 aromatic heterocycles. The Kier molecular flexibility index (Phi) is 5.41. The van der Waals surface area contributed by atoms with Gasteiger partial charge in [-0.05, 0) is 24.6 Å². The molecule has 2 atom stereocenters. The van der Waals surface area contributed by atoms with E-state index in [1.807, 2.05) is 0 Å². The standard InChI is InChI=1S/C15H16F2N2O4/c1-8(14(20)9-3-4-11(16)12(17)5-9)18-15(21)13-6-10(7-22-2)23-19-13/h3-6,8,14,20H,7H2,1-2H3,(H,18,21). The number of carbonyl (C=O) groups excluding carboxylic acids is 1. The third-order valence-electron chi connectivity index (χ3n) is 3.20. The number of nitrogens with zero attached hydrogens (tertiary/aromatic N) is 1. The molecule has 0 spiro atoms. The molecule has 2 N–H and O–H groups in total. The fraction of sp³-hybridized carbons (Fsp3) is 0.333. The number of hydrogen-bond acceptors (Lipinski definition) is 5. The minimum absolute atomic E-state index is 0.0291. The van der Waals surface area contributed by atoms with Gasteiger partial charge < -0.3 is 19.7 Å². The zero-order chi connectivity index (χ0) is 17.0. The van der Waals surface area contributed by atoms with Crippen LogP contribution in [0.4, 0.5) is 8.78 Å². The molecule has 8 heteroatoms. The van der Waals surface area contributed by atoms with Crippen LogP contribution in [0.5, 0.6) is 0 Å². The monoisotopic (exact) mass is 326 g/mol. The Morgan fingerprint density at radius 2 is 2.13 bits per heavy atom. The first-order chi connectivity index (χ1) is 10.9. The number of aromatic nitrogens is 1. The minimum atomic E-state index is -1.21. The maximum Gasteiger partial charge on any atom is 0.273 e. The van der Waals surface area contributed by atoms with E-state index in [1.54, 1.807) is 0 Å². The number of carbonyl (C=O) groups is 1. The second-order valence-electron chi connectivity index (χ2n) is 4.99. The van der Waals surface area contributed by atoms with E-state index >= 15 is 0 Å². The van der Waals surface area contributed by atoms with Crippen LogP contribution in [0.2, 0.25) is 0 Å². The Balaban J connectivity index is 2.03. The molecule has 1 amide bonds. The summed E-state index contributed by atoms with van der Waals surface area (Å²) in [6.07, 6.45) is -1.21. The number of halogens is 2. The van der Waals surface area contributed by atoms with Crippen LogP contribution in [0.15, 0.2) is 28.8 Å². The van der Waals surface area contributed by atoms with E-state index in [0.29, 0.717) is 5.76 Å². The zero-order valence-corrected chi connectivity index (χ0v) is 12.5. The number of hydrogen-bond donors (Lipinski definition) is 2. The predicted octanol–water partition coefficient (Wildman–Crippen LogP) is 1.95. The molecule has 6 nitrogen and oxygen atoms in total. The van der Waals surface area contributed by atoms with Crippen LogP contribution in [0.25, 0.3) is 0 Å². The van der Waals surface area contributed by atoms with Crippen molar-refractivity contribution in [3.63, 3.8) is 0 Å². The van der Waals surface area contributed by atoms with E-state index in [-0.39, 0.29) is 17.9 Å². The van der Waals surface area contributed by atoms with E-state index in [0.717, 1.165) is 12.1 Å². The summed E-state index contributed by atoms with van der Waals surface area (Å²) in [7, 11) is 1.47. The average molecular weight is 326 g/mol. The third kappa shape index (κ3) is 4.11. The topological polar surface area (TPSA) is 84.6 Å². The van der Waals surface area contributed by atoms with Gasteiger partial charge in [0.05, 0.1) is 12.1 Å². The Bertz CT molecular complexity index is 690. The molecule has 2 unspecified atom stereocenters. The summed E-state index contributed by atoms with van der Waals surface area (Å²) in [5, 5.41) is 16.2. The summed E-state index contributed by atoms with van der Waals surface area (Å²) < 4.78 is 35.8. The van der Waals surface area contributed by atoms with Crippen LogP contribution in [0.3, 0.4) is 0 Å². The largest absolute Gasteiger partial charge is 0.386 e. The molecule has 2 rings (SSSR count). The molecule has 0 fully saturated rings. The van der Waals surface area contributed by atoms with E-state index in [9.17, 15) is 18.7 Å². The SMILES string of the molecule is COCc1cc(C(=O)NC(C)C(O)c2ccc(F)c(F)c2)no1. The maximum absolute atomic E-state index is 13.2. The van der Waals surface area contributed by atoms with Crippen LogP contribution < -0.4 is 5.32 Å². The van der Waals surface area contributed by atoms with Crippen LogP contribution in [-0.2, 0) is 11.3 Å². The highest BCUT2D eigenvalue weighted by Crippen LogP contribution is 2.19. The maximum atomic E-state index is 13.2. The Morgan fingerprint density at radius 1 is 1.39 bits per heavy atom. The first kappa shape index (κ1) is 17.0. The van der Waals surface area contributed by atoms with Crippen molar-refractivity contribution in [2.24, 2.45) is 0 Å². The number of amides is 1. The van der Waals surface area contributed by atoms with Gasteiger partial charge in [0.15, 0.2) is 23.1 Å². The van der Waals surface area contributed by atoms with Gasteiger partial charge in [-0.15, -0.1) is 0 Å². The lowest BCUT2D eigenvalue weighted by molar-refractivity contribution is 0.0842. The molecule has 0 bridgehead atoms. The number of ether oxygens (including phenoxy) is 1. The average Bonchev–Trinajstić information content (AvgIpc) is 2.98. The van der Waals surface area contributed by atoms with E-state index in [4.69, 9.17) is 9.26 Å². The van der Waals surface area contributed by atoms with Gasteiger partial charge in [0.1, 0.15) is 6.61 Å². The van der Waals surface area contributed by atoms with E-state index in [1.165, 1.54) is 26.2 Å². The van der Waals surface area contributed by atoms with Gasteiger partial charge in [0, 0.05) is 13.2 Å². The zero-order valence-electron chi connectivity index (χ0n) is 12.5. The molecule has 2 aromatic rings. The number of rotatable bonds is 6. The highest BCUT2D eigenvalue weighted by molar-refractivity contribution is 5.92. The van der Waals surface area contributed by atoms with Gasteiger partial charge in [0.2, 0.25) is 0 Å². The first-order valence-electron chi connectivity index (χ1n) is 6.80. The van der Waals surface area contributed by atoms with Gasteiger partial charge >= 0.3 is 0 Å². The third-order valence-corrected chi connectivity index (χ3v) is 3.20. The number of methoxy groups -OCH3 is 1. The number of aliphatic hydroxyl groups excluding tert-OH is 1. The molecule has 23 heavy (non-hydrogen) atoms. The van der Waals surface area contributed by atoms with Crippen molar-refractivity contribution in [2.75, 3.05) is 7.11 Å². The minimum Gasteiger partial charge on any atom is -0.386 e. The van der Waals surface area contributed by atoms with Gasteiger partial charge in [-0.1, -0.05) is 11.2 Å². The second-order valence-corrected chi connectivity index (χ2v) is 4.99. The van der Waals surface area contributed by atoms with Gasteiger partial charge in [0.25, 0.3) is 5.91 Å². The molecule has 0 aliphatic carbocycles. The van der Waals surface area contributed by atoms with Crippen molar-refractivity contribution in [3.05, 3.63) is 52.9 Å². The summed E-state index contributed by atoms with van der Waals surface area (Å²) in [4.78, 5) is 12.0. The fourth-order valence-electron chi connectivity index (χ4n) is 1.97. The van der Waals surface area contributed by atoms with Crippen LogP contribution in [0.1, 0.15) is 34.8 Å². The van der Waals surface area contributed by atoms with E-state index in [2.05, 4.69) is 10.5 Å². The van der Waals surface area contributed by atoms with Crippen molar-refractivity contribution < 1.29 is 27.9 Å². The van der Waals surface area contributed by atoms with Gasteiger partial charge in [-0.3, -0.25) is 4.79 Å². The number of benzene rings is 1. The Labute approximate surface area is 131 Å². The van der Waals surface area contributed by atoms with Crippen molar-refractivity contribution in [3.8, 4) is 0 Å². The van der Waals surface area contributed by atoms with Crippen molar-refractivity contribution in [2.45, 2.75) is 25.7 Å². The molecule has 124 valence electrons. The number of nitrogens with one attached hydrogen (secondary N) is 1. The quantitative estimate of drug-likeness (QED) is 0.847. The van der Waals surface area contributed by atoms with Gasteiger partial charge in [-0.25, -0.2) is 8.78 Å². The summed E-state index contributed by atoms with van der Waals surface area (Å²) >= 11 is 0. The molecule has 0 saturated carbocycles. The van der Waals surface area contributed by atoms with Crippen LogP contribution in [-0.4, -0.2) is 29.3 Å².